The monoisotopic (exact) mass is 207 g/mol. The summed E-state index contributed by atoms with van der Waals surface area (Å²) < 4.78 is 0. The molecule has 0 saturated heterocycles. The van der Waals surface area contributed by atoms with Gasteiger partial charge in [0.25, 0.3) is 0 Å². The van der Waals surface area contributed by atoms with E-state index in [2.05, 4.69) is 0 Å². The van der Waals surface area contributed by atoms with Gasteiger partial charge in [0.1, 0.15) is 5.75 Å². The van der Waals surface area contributed by atoms with Gasteiger partial charge in [0.2, 0.25) is 0 Å². The number of phenolic OH excluding ortho intramolecular Hbond substituents is 1. The van der Waals surface area contributed by atoms with Crippen molar-refractivity contribution in [3.63, 3.8) is 0 Å². The molecule has 0 aliphatic heterocycles. The van der Waals surface area contributed by atoms with Gasteiger partial charge in [-0.2, -0.15) is 0 Å². The lowest BCUT2D eigenvalue weighted by atomic mass is 9.92. The van der Waals surface area contributed by atoms with Crippen molar-refractivity contribution in [2.45, 2.75) is 24.7 Å². The Morgan fingerprint density at radius 2 is 2.13 bits per heavy atom. The van der Waals surface area contributed by atoms with Crippen LogP contribution in [0.15, 0.2) is 18.2 Å². The molecule has 0 heterocycles. The fraction of sp³-hybridized carbons (Fsp3) is 0.364. The normalized spacial score (nSPS) is 17.3. The highest BCUT2D eigenvalue weighted by molar-refractivity contribution is 5.70. The number of hydrogen-bond donors (Lipinski definition) is 3. The van der Waals surface area contributed by atoms with E-state index in [1.54, 1.807) is 12.1 Å². The van der Waals surface area contributed by atoms with Gasteiger partial charge < -0.3 is 15.9 Å². The van der Waals surface area contributed by atoms with E-state index in [9.17, 15) is 9.90 Å². The summed E-state index contributed by atoms with van der Waals surface area (Å²) in [6.45, 7) is 0. The van der Waals surface area contributed by atoms with Gasteiger partial charge in [0.15, 0.2) is 0 Å². The number of nitrogens with two attached hydrogens (primary N) is 1. The minimum Gasteiger partial charge on any atom is -0.506 e. The fourth-order valence-corrected chi connectivity index (χ4v) is 1.89. The van der Waals surface area contributed by atoms with Crippen molar-refractivity contribution in [3.8, 4) is 5.75 Å². The number of carboxylic acids is 1. The minimum atomic E-state index is -0.792. The number of nitrogen functional groups attached to an aromatic ring is 1. The number of phenols is 1. The van der Waals surface area contributed by atoms with Crippen molar-refractivity contribution in [3.05, 3.63) is 23.8 Å². The third-order valence-corrected chi connectivity index (χ3v) is 2.98. The van der Waals surface area contributed by atoms with Gasteiger partial charge in [-0.1, -0.05) is 6.07 Å². The molecule has 1 aromatic carbocycles. The van der Waals surface area contributed by atoms with E-state index in [1.165, 1.54) is 6.07 Å². The van der Waals surface area contributed by atoms with Crippen LogP contribution < -0.4 is 5.73 Å². The molecule has 0 radical (unpaired) electrons. The first-order chi connectivity index (χ1) is 7.03. The van der Waals surface area contributed by atoms with Crippen molar-refractivity contribution < 1.29 is 15.0 Å². The number of carboxylic acid groups (broad SMARTS) is 1. The largest absolute Gasteiger partial charge is 0.506 e. The molecule has 80 valence electrons. The van der Waals surface area contributed by atoms with E-state index >= 15 is 0 Å². The Bertz CT molecular complexity index is 410. The number of carbonyl (C=O) groups is 1. The Balaban J connectivity index is 2.29. The lowest BCUT2D eigenvalue weighted by Gasteiger charge is -2.13. The highest BCUT2D eigenvalue weighted by Gasteiger charge is 2.46. The Kier molecular flexibility index (Phi) is 2.07. The minimum absolute atomic E-state index is 0.0462. The summed E-state index contributed by atoms with van der Waals surface area (Å²) in [6.07, 6.45) is 1.89. The summed E-state index contributed by atoms with van der Waals surface area (Å²) in [5.41, 5.74) is 6.56. The topological polar surface area (TPSA) is 83.6 Å². The van der Waals surface area contributed by atoms with E-state index in [0.717, 1.165) is 18.4 Å². The van der Waals surface area contributed by atoms with Crippen molar-refractivity contribution >= 4 is 11.7 Å². The molecule has 0 amide bonds. The third-order valence-electron chi connectivity index (χ3n) is 2.98. The molecule has 1 aliphatic rings. The molecule has 0 spiro atoms. The highest BCUT2D eigenvalue weighted by atomic mass is 16.4. The maximum Gasteiger partial charge on any atom is 0.304 e. The summed E-state index contributed by atoms with van der Waals surface area (Å²) in [4.78, 5) is 10.7. The van der Waals surface area contributed by atoms with Crippen LogP contribution in [0.4, 0.5) is 5.69 Å². The first kappa shape index (κ1) is 9.83. The van der Waals surface area contributed by atoms with Crippen LogP contribution in [-0.2, 0) is 10.2 Å². The number of aromatic hydroxyl groups is 1. The number of aliphatic carboxylic acids is 1. The maximum absolute atomic E-state index is 10.7. The predicted molar refractivity (Wildman–Crippen MR) is 55.7 cm³/mol. The second-order valence-electron chi connectivity index (χ2n) is 4.12. The lowest BCUT2D eigenvalue weighted by molar-refractivity contribution is -0.137. The van der Waals surface area contributed by atoms with Gasteiger partial charge in [0, 0.05) is 5.41 Å². The average molecular weight is 207 g/mol. The average Bonchev–Trinajstić information content (AvgIpc) is 2.89. The van der Waals surface area contributed by atoms with E-state index in [0.29, 0.717) is 5.69 Å². The third kappa shape index (κ3) is 1.75. The van der Waals surface area contributed by atoms with Crippen LogP contribution in [0.3, 0.4) is 0 Å². The fourth-order valence-electron chi connectivity index (χ4n) is 1.89. The molecule has 0 atom stereocenters. The predicted octanol–water partition coefficient (Wildman–Crippen LogP) is 1.48. The first-order valence-electron chi connectivity index (χ1n) is 4.84. The molecule has 15 heavy (non-hydrogen) atoms. The Hall–Kier alpha value is -1.71. The number of anilines is 1. The zero-order chi connectivity index (χ0) is 11.1. The van der Waals surface area contributed by atoms with Gasteiger partial charge in [-0.3, -0.25) is 4.79 Å². The van der Waals surface area contributed by atoms with Gasteiger partial charge >= 0.3 is 5.97 Å². The van der Waals surface area contributed by atoms with Crippen LogP contribution in [0.1, 0.15) is 24.8 Å². The molecular weight excluding hydrogens is 194 g/mol. The molecule has 1 fully saturated rings. The van der Waals surface area contributed by atoms with E-state index in [1.807, 2.05) is 0 Å². The Labute approximate surface area is 87.3 Å². The molecule has 1 saturated carbocycles. The van der Waals surface area contributed by atoms with Crippen molar-refractivity contribution in [1.29, 1.82) is 0 Å². The second-order valence-corrected chi connectivity index (χ2v) is 4.12. The van der Waals surface area contributed by atoms with Crippen LogP contribution in [0.2, 0.25) is 0 Å². The summed E-state index contributed by atoms with van der Waals surface area (Å²) >= 11 is 0. The first-order valence-corrected chi connectivity index (χ1v) is 4.84. The van der Waals surface area contributed by atoms with E-state index < -0.39 is 5.97 Å². The molecule has 2 rings (SSSR count). The molecule has 4 heteroatoms. The maximum atomic E-state index is 10.7. The van der Waals surface area contributed by atoms with Crippen LogP contribution in [0, 0.1) is 0 Å². The van der Waals surface area contributed by atoms with Gasteiger partial charge in [-0.25, -0.2) is 0 Å². The Morgan fingerprint density at radius 1 is 1.47 bits per heavy atom. The van der Waals surface area contributed by atoms with Gasteiger partial charge in [-0.05, 0) is 30.5 Å². The molecular formula is C11H13NO3. The summed E-state index contributed by atoms with van der Waals surface area (Å²) in [5.74, 6) is -0.746. The van der Waals surface area contributed by atoms with Gasteiger partial charge in [0.05, 0.1) is 12.1 Å². The number of hydrogen-bond acceptors (Lipinski definition) is 3. The SMILES string of the molecule is Nc1cc(C2(CC(=O)O)CC2)ccc1O. The van der Waals surface area contributed by atoms with Crippen LogP contribution in [0.25, 0.3) is 0 Å². The molecule has 0 unspecified atom stereocenters. The zero-order valence-corrected chi connectivity index (χ0v) is 8.23. The van der Waals surface area contributed by atoms with Crippen molar-refractivity contribution in [2.75, 3.05) is 5.73 Å². The van der Waals surface area contributed by atoms with Gasteiger partial charge in [-0.15, -0.1) is 0 Å². The van der Waals surface area contributed by atoms with Crippen molar-refractivity contribution in [1.82, 2.24) is 0 Å². The summed E-state index contributed by atoms with van der Waals surface area (Å²) in [7, 11) is 0. The molecule has 4 nitrogen and oxygen atoms in total. The molecule has 0 bridgehead atoms. The van der Waals surface area contributed by atoms with Crippen LogP contribution >= 0.6 is 0 Å². The highest BCUT2D eigenvalue weighted by Crippen LogP contribution is 2.51. The van der Waals surface area contributed by atoms with E-state index in [4.69, 9.17) is 10.8 Å². The number of rotatable bonds is 3. The zero-order valence-electron chi connectivity index (χ0n) is 8.23. The van der Waals surface area contributed by atoms with E-state index in [-0.39, 0.29) is 17.6 Å². The standard InChI is InChI=1S/C11H13NO3/c12-8-5-7(1-2-9(8)13)11(3-4-11)6-10(14)15/h1-2,5,13H,3-4,6,12H2,(H,14,15). The van der Waals surface area contributed by atoms with Crippen molar-refractivity contribution in [2.24, 2.45) is 0 Å². The second kappa shape index (κ2) is 3.15. The van der Waals surface area contributed by atoms with Crippen LogP contribution in [-0.4, -0.2) is 16.2 Å². The Morgan fingerprint density at radius 3 is 2.60 bits per heavy atom. The van der Waals surface area contributed by atoms with Crippen LogP contribution in [0.5, 0.6) is 5.75 Å². The molecule has 1 aromatic rings. The summed E-state index contributed by atoms with van der Waals surface area (Å²) in [5, 5.41) is 18.1. The molecule has 0 aromatic heterocycles. The summed E-state index contributed by atoms with van der Waals surface area (Å²) in [6, 6.07) is 4.94. The molecule has 1 aliphatic carbocycles. The number of benzene rings is 1. The smallest absolute Gasteiger partial charge is 0.304 e. The quantitative estimate of drug-likeness (QED) is 0.517. The molecule has 4 N–H and O–H groups in total. The lowest BCUT2D eigenvalue weighted by Crippen LogP contribution is -2.13.